The summed E-state index contributed by atoms with van der Waals surface area (Å²) in [5.41, 5.74) is 12.5. The topological polar surface area (TPSA) is 99.5 Å². The van der Waals surface area contributed by atoms with Gasteiger partial charge in [-0.25, -0.2) is 4.98 Å². The number of nitrogen functional groups attached to an aromatic ring is 1. The van der Waals surface area contributed by atoms with Crippen LogP contribution in [0.2, 0.25) is 0 Å². The minimum atomic E-state index is 0. The molecule has 1 heterocycles. The van der Waals surface area contributed by atoms with Crippen LogP contribution >= 0.6 is 12.4 Å². The van der Waals surface area contributed by atoms with E-state index in [0.717, 1.165) is 5.39 Å². The summed E-state index contributed by atoms with van der Waals surface area (Å²) in [7, 11) is 5.04. The number of anilines is 2. The lowest BCUT2D eigenvalue weighted by Crippen LogP contribution is -2.33. The van der Waals surface area contributed by atoms with Crippen LogP contribution in [-0.2, 0) is 0 Å². The largest absolute Gasteiger partial charge is 0.493 e. The SMILES string of the molecule is COc1cc2nc(N(C)CC(C)N)nc(N)c2cc1OC.Cl. The lowest BCUT2D eigenvalue weighted by Gasteiger charge is -2.20. The van der Waals surface area contributed by atoms with Gasteiger partial charge in [-0.2, -0.15) is 4.98 Å². The second-order valence-electron chi connectivity index (χ2n) is 4.99. The zero-order valence-electron chi connectivity index (χ0n) is 13.2. The monoisotopic (exact) mass is 327 g/mol. The van der Waals surface area contributed by atoms with Gasteiger partial charge in [0.15, 0.2) is 11.5 Å². The molecule has 0 radical (unpaired) electrons. The van der Waals surface area contributed by atoms with E-state index in [2.05, 4.69) is 9.97 Å². The van der Waals surface area contributed by atoms with Crippen molar-refractivity contribution in [3.8, 4) is 11.5 Å². The Morgan fingerprint density at radius 3 is 2.32 bits per heavy atom. The average molecular weight is 328 g/mol. The Labute approximate surface area is 136 Å². The van der Waals surface area contributed by atoms with Gasteiger partial charge < -0.3 is 25.8 Å². The molecule has 4 N–H and O–H groups in total. The number of methoxy groups -OCH3 is 2. The highest BCUT2D eigenvalue weighted by Gasteiger charge is 2.14. The molecule has 1 aromatic carbocycles. The number of aromatic nitrogens is 2. The lowest BCUT2D eigenvalue weighted by atomic mass is 10.2. The Bertz CT molecular complexity index is 651. The summed E-state index contributed by atoms with van der Waals surface area (Å²) in [6.45, 7) is 2.56. The number of fused-ring (bicyclic) bond motifs is 1. The summed E-state index contributed by atoms with van der Waals surface area (Å²) in [6, 6.07) is 3.58. The Morgan fingerprint density at radius 2 is 1.77 bits per heavy atom. The Hall–Kier alpha value is -1.99. The van der Waals surface area contributed by atoms with Gasteiger partial charge in [-0.3, -0.25) is 0 Å². The van der Waals surface area contributed by atoms with Crippen LogP contribution < -0.4 is 25.8 Å². The zero-order chi connectivity index (χ0) is 15.6. The molecule has 0 aliphatic carbocycles. The van der Waals surface area contributed by atoms with Gasteiger partial charge in [0.25, 0.3) is 0 Å². The molecular formula is C14H22ClN5O2. The van der Waals surface area contributed by atoms with Crippen LogP contribution in [0.25, 0.3) is 10.9 Å². The summed E-state index contributed by atoms with van der Waals surface area (Å²) in [5.74, 6) is 2.12. The molecule has 0 bridgehead atoms. The second-order valence-corrected chi connectivity index (χ2v) is 4.99. The average Bonchev–Trinajstić information content (AvgIpc) is 2.45. The molecule has 2 aromatic rings. The molecule has 8 heteroatoms. The van der Waals surface area contributed by atoms with Crippen LogP contribution in [0.3, 0.4) is 0 Å². The number of ether oxygens (including phenoxy) is 2. The molecule has 122 valence electrons. The Kier molecular flexibility index (Phi) is 6.01. The molecule has 22 heavy (non-hydrogen) atoms. The smallest absolute Gasteiger partial charge is 0.227 e. The first-order valence-corrected chi connectivity index (χ1v) is 6.62. The highest BCUT2D eigenvalue weighted by atomic mass is 35.5. The summed E-state index contributed by atoms with van der Waals surface area (Å²) in [5, 5.41) is 0.727. The van der Waals surface area contributed by atoms with Gasteiger partial charge in [0.1, 0.15) is 5.82 Å². The van der Waals surface area contributed by atoms with Crippen LogP contribution in [0.1, 0.15) is 6.92 Å². The summed E-state index contributed by atoms with van der Waals surface area (Å²) in [6.07, 6.45) is 0. The number of nitrogens with two attached hydrogens (primary N) is 2. The quantitative estimate of drug-likeness (QED) is 0.857. The number of benzene rings is 1. The third-order valence-corrected chi connectivity index (χ3v) is 3.12. The lowest BCUT2D eigenvalue weighted by molar-refractivity contribution is 0.356. The van der Waals surface area contributed by atoms with E-state index in [9.17, 15) is 0 Å². The molecule has 1 atom stereocenters. The van der Waals surface area contributed by atoms with Crippen LogP contribution in [0.15, 0.2) is 12.1 Å². The van der Waals surface area contributed by atoms with Gasteiger partial charge in [0.2, 0.25) is 5.95 Å². The normalized spacial score (nSPS) is 11.7. The van der Waals surface area contributed by atoms with E-state index in [1.165, 1.54) is 0 Å². The first kappa shape index (κ1) is 18.1. The van der Waals surface area contributed by atoms with Gasteiger partial charge in [-0.1, -0.05) is 0 Å². The van der Waals surface area contributed by atoms with Gasteiger partial charge in [-0.05, 0) is 13.0 Å². The van der Waals surface area contributed by atoms with Gasteiger partial charge in [0.05, 0.1) is 19.7 Å². The highest BCUT2D eigenvalue weighted by Crippen LogP contribution is 2.33. The number of likely N-dealkylation sites (N-methyl/N-ethyl adjacent to an activating group) is 1. The van der Waals surface area contributed by atoms with Gasteiger partial charge in [-0.15, -0.1) is 12.4 Å². The van der Waals surface area contributed by atoms with E-state index in [-0.39, 0.29) is 18.4 Å². The maximum absolute atomic E-state index is 6.04. The summed E-state index contributed by atoms with van der Waals surface area (Å²) < 4.78 is 10.6. The van der Waals surface area contributed by atoms with Crippen LogP contribution in [0, 0.1) is 0 Å². The number of hydrogen-bond donors (Lipinski definition) is 2. The van der Waals surface area contributed by atoms with Crippen LogP contribution in [0.4, 0.5) is 11.8 Å². The number of rotatable bonds is 5. The van der Waals surface area contributed by atoms with Crippen molar-refractivity contribution in [3.05, 3.63) is 12.1 Å². The number of halogens is 1. The van der Waals surface area contributed by atoms with Crippen molar-refractivity contribution >= 4 is 35.1 Å². The minimum absolute atomic E-state index is 0. The van der Waals surface area contributed by atoms with Crippen LogP contribution in [-0.4, -0.2) is 43.8 Å². The molecule has 7 nitrogen and oxygen atoms in total. The van der Waals surface area contributed by atoms with Crippen molar-refractivity contribution in [2.24, 2.45) is 5.73 Å². The fourth-order valence-corrected chi connectivity index (χ4v) is 2.15. The maximum atomic E-state index is 6.04. The Balaban J connectivity index is 0.00000242. The number of nitrogens with zero attached hydrogens (tertiary/aromatic N) is 3. The van der Waals surface area contributed by atoms with E-state index in [1.807, 2.05) is 18.9 Å². The van der Waals surface area contributed by atoms with Crippen molar-refractivity contribution in [3.63, 3.8) is 0 Å². The van der Waals surface area contributed by atoms with Gasteiger partial charge >= 0.3 is 0 Å². The van der Waals surface area contributed by atoms with Crippen molar-refractivity contribution in [2.75, 3.05) is 38.4 Å². The zero-order valence-corrected chi connectivity index (χ0v) is 14.0. The minimum Gasteiger partial charge on any atom is -0.493 e. The molecule has 0 aliphatic heterocycles. The van der Waals surface area contributed by atoms with Crippen LogP contribution in [0.5, 0.6) is 11.5 Å². The van der Waals surface area contributed by atoms with E-state index >= 15 is 0 Å². The Morgan fingerprint density at radius 1 is 1.18 bits per heavy atom. The van der Waals surface area contributed by atoms with Crippen molar-refractivity contribution in [1.29, 1.82) is 0 Å². The fourth-order valence-electron chi connectivity index (χ4n) is 2.15. The molecular weight excluding hydrogens is 306 g/mol. The third kappa shape index (κ3) is 3.61. The number of hydrogen-bond acceptors (Lipinski definition) is 7. The molecule has 0 saturated heterocycles. The maximum Gasteiger partial charge on any atom is 0.227 e. The molecule has 0 saturated carbocycles. The molecule has 0 spiro atoms. The molecule has 2 rings (SSSR count). The first-order valence-electron chi connectivity index (χ1n) is 6.62. The molecule has 1 unspecified atom stereocenters. The predicted molar refractivity (Wildman–Crippen MR) is 91.2 cm³/mol. The van der Waals surface area contributed by atoms with Gasteiger partial charge in [0, 0.05) is 31.1 Å². The van der Waals surface area contributed by atoms with E-state index in [1.54, 1.807) is 26.4 Å². The third-order valence-electron chi connectivity index (χ3n) is 3.12. The van der Waals surface area contributed by atoms with E-state index in [0.29, 0.717) is 35.3 Å². The second kappa shape index (κ2) is 7.33. The summed E-state index contributed by atoms with van der Waals surface area (Å²) in [4.78, 5) is 10.7. The molecule has 1 aromatic heterocycles. The van der Waals surface area contributed by atoms with Crippen molar-refractivity contribution in [1.82, 2.24) is 9.97 Å². The summed E-state index contributed by atoms with van der Waals surface area (Å²) >= 11 is 0. The van der Waals surface area contributed by atoms with Crippen molar-refractivity contribution in [2.45, 2.75) is 13.0 Å². The fraction of sp³-hybridized carbons (Fsp3) is 0.429. The molecule has 0 amide bonds. The van der Waals surface area contributed by atoms with Crippen molar-refractivity contribution < 1.29 is 9.47 Å². The highest BCUT2D eigenvalue weighted by molar-refractivity contribution is 5.91. The predicted octanol–water partition coefficient (Wildman–Crippen LogP) is 1.43. The van der Waals surface area contributed by atoms with E-state index < -0.39 is 0 Å². The standard InChI is InChI=1S/C14H21N5O2.ClH/c1-8(15)7-19(2)14-17-10-6-12(21-4)11(20-3)5-9(10)13(16)18-14;/h5-6,8H,7,15H2,1-4H3,(H2,16,17,18);1H. The van der Waals surface area contributed by atoms with E-state index in [4.69, 9.17) is 20.9 Å². The molecule has 0 fully saturated rings. The molecule has 0 aliphatic rings. The first-order chi connectivity index (χ1) is 9.96.